The van der Waals surface area contributed by atoms with Crippen LogP contribution in [-0.4, -0.2) is 36.9 Å². The Hall–Kier alpha value is -1.82. The number of nitrogens with zero attached hydrogens (tertiary/aromatic N) is 1. The highest BCUT2D eigenvalue weighted by molar-refractivity contribution is 5.95. The third-order valence-electron chi connectivity index (χ3n) is 3.10. The molecule has 1 aliphatic heterocycles. The number of anilines is 1. The first-order valence-electron chi connectivity index (χ1n) is 6.87. The van der Waals surface area contributed by atoms with Crippen molar-refractivity contribution < 1.29 is 19.0 Å². The summed E-state index contributed by atoms with van der Waals surface area (Å²) in [4.78, 5) is 15.8. The normalized spacial score (nSPS) is 18.6. The van der Waals surface area contributed by atoms with Crippen molar-refractivity contribution in [2.24, 2.45) is 0 Å². The second-order valence-electron chi connectivity index (χ2n) is 4.63. The first-order valence-corrected chi connectivity index (χ1v) is 6.87. The number of nitrogens with two attached hydrogens (primary N) is 1. The number of ether oxygens (including phenoxy) is 3. The molecule has 0 aliphatic carbocycles. The van der Waals surface area contributed by atoms with E-state index in [1.807, 2.05) is 0 Å². The number of carbonyl (C=O) groups is 1. The Balaban J connectivity index is 1.97. The molecular weight excluding hydrogens is 260 g/mol. The van der Waals surface area contributed by atoms with Crippen LogP contribution in [0, 0.1) is 0 Å². The molecular formula is C14H20N2O4. The molecule has 1 aromatic heterocycles. The largest absolute Gasteiger partial charge is 0.475 e. The lowest BCUT2D eigenvalue weighted by molar-refractivity contribution is -0.0119. The molecule has 1 unspecified atom stereocenters. The van der Waals surface area contributed by atoms with Crippen molar-refractivity contribution in [1.29, 1.82) is 0 Å². The first-order chi connectivity index (χ1) is 9.70. The van der Waals surface area contributed by atoms with E-state index in [9.17, 15) is 4.79 Å². The maximum Gasteiger partial charge on any atom is 0.340 e. The SMILES string of the molecule is CCOC(=O)c1cc(OCC2CCCCO2)ncc1N. The van der Waals surface area contributed by atoms with Crippen LogP contribution in [0.25, 0.3) is 0 Å². The van der Waals surface area contributed by atoms with Crippen LogP contribution in [0.1, 0.15) is 36.5 Å². The molecule has 0 bridgehead atoms. The van der Waals surface area contributed by atoms with Crippen molar-refractivity contribution >= 4 is 11.7 Å². The quantitative estimate of drug-likeness (QED) is 0.828. The van der Waals surface area contributed by atoms with Crippen molar-refractivity contribution in [3.05, 3.63) is 17.8 Å². The summed E-state index contributed by atoms with van der Waals surface area (Å²) in [6.45, 7) is 3.25. The summed E-state index contributed by atoms with van der Waals surface area (Å²) in [5.41, 5.74) is 6.28. The minimum absolute atomic E-state index is 0.0918. The van der Waals surface area contributed by atoms with E-state index in [2.05, 4.69) is 4.98 Å². The number of hydrogen-bond donors (Lipinski definition) is 1. The zero-order valence-electron chi connectivity index (χ0n) is 11.6. The highest BCUT2D eigenvalue weighted by Crippen LogP contribution is 2.19. The van der Waals surface area contributed by atoms with Crippen molar-refractivity contribution in [1.82, 2.24) is 4.98 Å². The lowest BCUT2D eigenvalue weighted by Crippen LogP contribution is -2.26. The summed E-state index contributed by atoms with van der Waals surface area (Å²) >= 11 is 0. The molecule has 2 N–H and O–H groups in total. The zero-order valence-corrected chi connectivity index (χ0v) is 11.6. The van der Waals surface area contributed by atoms with Gasteiger partial charge in [0.25, 0.3) is 0 Å². The van der Waals surface area contributed by atoms with E-state index in [0.29, 0.717) is 19.1 Å². The fourth-order valence-corrected chi connectivity index (χ4v) is 2.03. The number of pyridine rings is 1. The van der Waals surface area contributed by atoms with Gasteiger partial charge in [-0.25, -0.2) is 9.78 Å². The maximum absolute atomic E-state index is 11.7. The van der Waals surface area contributed by atoms with Crippen LogP contribution >= 0.6 is 0 Å². The third kappa shape index (κ3) is 3.84. The molecule has 6 nitrogen and oxygen atoms in total. The minimum Gasteiger partial charge on any atom is -0.475 e. The fraction of sp³-hybridized carbons (Fsp3) is 0.571. The molecule has 1 aliphatic rings. The second-order valence-corrected chi connectivity index (χ2v) is 4.63. The van der Waals surface area contributed by atoms with Crippen LogP contribution in [0.5, 0.6) is 5.88 Å². The molecule has 0 radical (unpaired) electrons. The molecule has 1 atom stereocenters. The van der Waals surface area contributed by atoms with Gasteiger partial charge in [-0.1, -0.05) is 0 Å². The van der Waals surface area contributed by atoms with Crippen molar-refractivity contribution in [3.8, 4) is 5.88 Å². The van der Waals surface area contributed by atoms with Crippen LogP contribution in [0.3, 0.4) is 0 Å². The number of aromatic nitrogens is 1. The molecule has 1 aromatic rings. The molecule has 0 spiro atoms. The molecule has 1 fully saturated rings. The highest BCUT2D eigenvalue weighted by Gasteiger charge is 2.16. The Morgan fingerprint density at radius 2 is 2.40 bits per heavy atom. The van der Waals surface area contributed by atoms with E-state index >= 15 is 0 Å². The van der Waals surface area contributed by atoms with Gasteiger partial charge in [0.15, 0.2) is 0 Å². The van der Waals surface area contributed by atoms with Crippen LogP contribution in [0.2, 0.25) is 0 Å². The van der Waals surface area contributed by atoms with Gasteiger partial charge < -0.3 is 19.9 Å². The van der Waals surface area contributed by atoms with Gasteiger partial charge in [-0.2, -0.15) is 0 Å². The Bertz CT molecular complexity index is 458. The first kappa shape index (κ1) is 14.6. The van der Waals surface area contributed by atoms with Gasteiger partial charge in [-0.3, -0.25) is 0 Å². The molecule has 2 heterocycles. The molecule has 0 aromatic carbocycles. The summed E-state index contributed by atoms with van der Waals surface area (Å²) in [6.07, 6.45) is 4.73. The van der Waals surface area contributed by atoms with E-state index in [0.717, 1.165) is 25.9 Å². The Morgan fingerprint density at radius 1 is 1.55 bits per heavy atom. The molecule has 110 valence electrons. The molecule has 1 saturated heterocycles. The standard InChI is InChI=1S/C14H20N2O4/c1-2-18-14(17)11-7-13(16-8-12(11)15)20-9-10-5-3-4-6-19-10/h7-8,10H,2-6,9,15H2,1H3. The van der Waals surface area contributed by atoms with Gasteiger partial charge in [-0.05, 0) is 26.2 Å². The van der Waals surface area contributed by atoms with Crippen molar-refractivity contribution in [2.75, 3.05) is 25.6 Å². The fourth-order valence-electron chi connectivity index (χ4n) is 2.03. The lowest BCUT2D eigenvalue weighted by Gasteiger charge is -2.22. The average Bonchev–Trinajstić information content (AvgIpc) is 2.47. The van der Waals surface area contributed by atoms with Crippen LogP contribution in [0.15, 0.2) is 12.3 Å². The topological polar surface area (TPSA) is 83.7 Å². The number of hydrogen-bond acceptors (Lipinski definition) is 6. The van der Waals surface area contributed by atoms with Gasteiger partial charge in [0.1, 0.15) is 6.61 Å². The van der Waals surface area contributed by atoms with Gasteiger partial charge in [0.2, 0.25) is 5.88 Å². The highest BCUT2D eigenvalue weighted by atomic mass is 16.5. The minimum atomic E-state index is -0.467. The van der Waals surface area contributed by atoms with Gasteiger partial charge >= 0.3 is 5.97 Å². The van der Waals surface area contributed by atoms with E-state index in [4.69, 9.17) is 19.9 Å². The summed E-state index contributed by atoms with van der Waals surface area (Å²) in [5, 5.41) is 0. The van der Waals surface area contributed by atoms with E-state index in [1.54, 1.807) is 6.92 Å². The van der Waals surface area contributed by atoms with E-state index < -0.39 is 5.97 Å². The van der Waals surface area contributed by atoms with Gasteiger partial charge in [-0.15, -0.1) is 0 Å². The second kappa shape index (κ2) is 7.09. The summed E-state index contributed by atoms with van der Waals surface area (Å²) in [7, 11) is 0. The number of carbonyl (C=O) groups excluding carboxylic acids is 1. The number of nitrogen functional groups attached to an aromatic ring is 1. The number of esters is 1. The summed E-state index contributed by atoms with van der Waals surface area (Å²) in [6, 6.07) is 1.51. The van der Waals surface area contributed by atoms with Crippen LogP contribution < -0.4 is 10.5 Å². The van der Waals surface area contributed by atoms with Crippen molar-refractivity contribution in [3.63, 3.8) is 0 Å². The Morgan fingerprint density at radius 3 is 3.10 bits per heavy atom. The van der Waals surface area contributed by atoms with E-state index in [-0.39, 0.29) is 17.4 Å². The molecule has 0 amide bonds. The predicted octanol–water partition coefficient (Wildman–Crippen LogP) is 1.79. The molecule has 0 saturated carbocycles. The molecule has 20 heavy (non-hydrogen) atoms. The Kier molecular flexibility index (Phi) is 5.17. The van der Waals surface area contributed by atoms with Gasteiger partial charge in [0, 0.05) is 12.7 Å². The molecule has 2 rings (SSSR count). The van der Waals surface area contributed by atoms with E-state index in [1.165, 1.54) is 12.3 Å². The summed E-state index contributed by atoms with van der Waals surface area (Å²) < 4.78 is 16.1. The smallest absolute Gasteiger partial charge is 0.340 e. The Labute approximate surface area is 118 Å². The zero-order chi connectivity index (χ0) is 14.4. The number of rotatable bonds is 5. The lowest BCUT2D eigenvalue weighted by atomic mass is 10.1. The van der Waals surface area contributed by atoms with Crippen molar-refractivity contribution in [2.45, 2.75) is 32.3 Å². The monoisotopic (exact) mass is 280 g/mol. The van der Waals surface area contributed by atoms with Gasteiger partial charge in [0.05, 0.1) is 30.2 Å². The average molecular weight is 280 g/mol. The molecule has 6 heteroatoms. The maximum atomic E-state index is 11.7. The van der Waals surface area contributed by atoms with Crippen LogP contribution in [-0.2, 0) is 9.47 Å². The predicted molar refractivity (Wildman–Crippen MR) is 73.7 cm³/mol. The third-order valence-corrected chi connectivity index (χ3v) is 3.10. The van der Waals surface area contributed by atoms with Crippen LogP contribution in [0.4, 0.5) is 5.69 Å². The summed E-state index contributed by atoms with van der Waals surface area (Å²) in [5.74, 6) is -0.109.